The normalized spacial score (nSPS) is 20.0. The SMILES string of the molecule is CN1CCCN(c2ccc3c(C4CCN(C(=O)O)CC4)ncnc3c2)CC1. The lowest BCUT2D eigenvalue weighted by atomic mass is 9.91. The predicted octanol–water partition coefficient (Wildman–Crippen LogP) is 2.63. The highest BCUT2D eigenvalue weighted by atomic mass is 16.4. The molecular weight excluding hydrogens is 342 g/mol. The number of likely N-dealkylation sites (N-methyl/N-ethyl adjacent to an activating group) is 1. The van der Waals surface area contributed by atoms with Crippen molar-refractivity contribution in [3.63, 3.8) is 0 Å². The second kappa shape index (κ2) is 7.68. The van der Waals surface area contributed by atoms with Crippen LogP contribution in [-0.2, 0) is 0 Å². The molecule has 1 aromatic carbocycles. The number of rotatable bonds is 2. The van der Waals surface area contributed by atoms with Crippen LogP contribution in [0.4, 0.5) is 10.5 Å². The van der Waals surface area contributed by atoms with Crippen molar-refractivity contribution in [2.75, 3.05) is 51.2 Å². The summed E-state index contributed by atoms with van der Waals surface area (Å²) >= 11 is 0. The number of likely N-dealkylation sites (tertiary alicyclic amines) is 1. The van der Waals surface area contributed by atoms with Crippen LogP contribution in [0.3, 0.4) is 0 Å². The van der Waals surface area contributed by atoms with E-state index in [1.54, 1.807) is 6.33 Å². The van der Waals surface area contributed by atoms with Crippen LogP contribution in [0, 0.1) is 0 Å². The van der Waals surface area contributed by atoms with E-state index in [0.717, 1.165) is 55.6 Å². The largest absolute Gasteiger partial charge is 0.465 e. The highest BCUT2D eigenvalue weighted by molar-refractivity contribution is 5.84. The fourth-order valence-electron chi connectivity index (χ4n) is 4.24. The molecule has 1 N–H and O–H groups in total. The van der Waals surface area contributed by atoms with Crippen molar-refractivity contribution < 1.29 is 9.90 Å². The average molecular weight is 369 g/mol. The summed E-state index contributed by atoms with van der Waals surface area (Å²) in [6.07, 6.45) is 3.64. The van der Waals surface area contributed by atoms with Crippen LogP contribution in [0.5, 0.6) is 0 Å². The number of nitrogens with zero attached hydrogens (tertiary/aromatic N) is 5. The van der Waals surface area contributed by atoms with Gasteiger partial charge in [0.05, 0.1) is 11.2 Å². The minimum atomic E-state index is -0.825. The topological polar surface area (TPSA) is 72.8 Å². The summed E-state index contributed by atoms with van der Waals surface area (Å²) in [6, 6.07) is 6.52. The number of carbonyl (C=O) groups is 1. The molecule has 0 radical (unpaired) electrons. The first-order valence-electron chi connectivity index (χ1n) is 9.78. The first kappa shape index (κ1) is 18.0. The van der Waals surface area contributed by atoms with Gasteiger partial charge in [-0.15, -0.1) is 0 Å². The van der Waals surface area contributed by atoms with Crippen molar-refractivity contribution >= 4 is 22.7 Å². The molecule has 27 heavy (non-hydrogen) atoms. The zero-order chi connectivity index (χ0) is 18.8. The second-order valence-corrected chi connectivity index (χ2v) is 7.65. The number of carboxylic acid groups (broad SMARTS) is 1. The second-order valence-electron chi connectivity index (χ2n) is 7.65. The lowest BCUT2D eigenvalue weighted by Crippen LogP contribution is -2.37. The van der Waals surface area contributed by atoms with Crippen molar-refractivity contribution in [1.29, 1.82) is 0 Å². The summed E-state index contributed by atoms with van der Waals surface area (Å²) in [6.45, 7) is 5.48. The molecule has 0 atom stereocenters. The molecule has 7 nitrogen and oxygen atoms in total. The van der Waals surface area contributed by atoms with E-state index in [2.05, 4.69) is 45.0 Å². The van der Waals surface area contributed by atoms with E-state index in [4.69, 9.17) is 5.11 Å². The van der Waals surface area contributed by atoms with Crippen LogP contribution in [0.1, 0.15) is 30.9 Å². The van der Waals surface area contributed by atoms with E-state index in [-0.39, 0.29) is 0 Å². The maximum Gasteiger partial charge on any atom is 0.407 e. The van der Waals surface area contributed by atoms with Gasteiger partial charge in [-0.2, -0.15) is 0 Å². The van der Waals surface area contributed by atoms with Gasteiger partial charge in [0.25, 0.3) is 0 Å². The Labute approximate surface area is 159 Å². The lowest BCUT2D eigenvalue weighted by Gasteiger charge is -2.30. The number of piperidine rings is 1. The van der Waals surface area contributed by atoms with Crippen LogP contribution in [0.25, 0.3) is 10.9 Å². The average Bonchev–Trinajstić information content (AvgIpc) is 2.91. The monoisotopic (exact) mass is 369 g/mol. The van der Waals surface area contributed by atoms with Crippen LogP contribution in [0.2, 0.25) is 0 Å². The molecule has 4 rings (SSSR count). The van der Waals surface area contributed by atoms with Crippen LogP contribution in [0.15, 0.2) is 24.5 Å². The molecule has 7 heteroatoms. The van der Waals surface area contributed by atoms with Gasteiger partial charge in [-0.25, -0.2) is 14.8 Å². The zero-order valence-electron chi connectivity index (χ0n) is 15.8. The molecule has 2 aromatic rings. The van der Waals surface area contributed by atoms with E-state index >= 15 is 0 Å². The Kier molecular flexibility index (Phi) is 5.11. The van der Waals surface area contributed by atoms with Gasteiger partial charge in [0.15, 0.2) is 0 Å². The van der Waals surface area contributed by atoms with Gasteiger partial charge >= 0.3 is 6.09 Å². The highest BCUT2D eigenvalue weighted by Crippen LogP contribution is 2.32. The summed E-state index contributed by atoms with van der Waals surface area (Å²) in [5, 5.41) is 10.2. The summed E-state index contributed by atoms with van der Waals surface area (Å²) in [5.41, 5.74) is 3.27. The lowest BCUT2D eigenvalue weighted by molar-refractivity contribution is 0.132. The number of aromatic nitrogens is 2. The number of hydrogen-bond acceptors (Lipinski definition) is 5. The Morgan fingerprint density at radius 1 is 1.07 bits per heavy atom. The van der Waals surface area contributed by atoms with Gasteiger partial charge in [-0.1, -0.05) is 0 Å². The maximum atomic E-state index is 11.1. The molecule has 0 spiro atoms. The third-order valence-electron chi connectivity index (χ3n) is 5.89. The van der Waals surface area contributed by atoms with E-state index in [9.17, 15) is 4.79 Å². The van der Waals surface area contributed by atoms with Gasteiger partial charge in [-0.3, -0.25) is 0 Å². The van der Waals surface area contributed by atoms with E-state index in [1.807, 2.05) is 0 Å². The quantitative estimate of drug-likeness (QED) is 0.877. The van der Waals surface area contributed by atoms with Gasteiger partial charge in [0.1, 0.15) is 6.33 Å². The molecule has 0 bridgehead atoms. The molecule has 2 aliphatic rings. The van der Waals surface area contributed by atoms with Crippen molar-refractivity contribution in [3.8, 4) is 0 Å². The Balaban J connectivity index is 1.57. The fraction of sp³-hybridized carbons (Fsp3) is 0.550. The predicted molar refractivity (Wildman–Crippen MR) is 105 cm³/mol. The van der Waals surface area contributed by atoms with E-state index in [1.165, 1.54) is 17.0 Å². The Morgan fingerprint density at radius 2 is 1.89 bits per heavy atom. The van der Waals surface area contributed by atoms with Gasteiger partial charge in [-0.05, 0) is 51.1 Å². The molecule has 2 saturated heterocycles. The van der Waals surface area contributed by atoms with E-state index < -0.39 is 6.09 Å². The van der Waals surface area contributed by atoms with Crippen LogP contribution >= 0.6 is 0 Å². The third kappa shape index (κ3) is 3.83. The minimum Gasteiger partial charge on any atom is -0.465 e. The summed E-state index contributed by atoms with van der Waals surface area (Å²) in [7, 11) is 2.18. The molecule has 2 aliphatic heterocycles. The first-order valence-corrected chi connectivity index (χ1v) is 9.78. The molecule has 0 unspecified atom stereocenters. The van der Waals surface area contributed by atoms with E-state index in [0.29, 0.717) is 19.0 Å². The number of hydrogen-bond donors (Lipinski definition) is 1. The molecule has 0 saturated carbocycles. The van der Waals surface area contributed by atoms with Crippen molar-refractivity contribution in [2.45, 2.75) is 25.2 Å². The van der Waals surface area contributed by atoms with Crippen molar-refractivity contribution in [3.05, 3.63) is 30.2 Å². The molecule has 2 fully saturated rings. The third-order valence-corrected chi connectivity index (χ3v) is 5.89. The number of anilines is 1. The smallest absolute Gasteiger partial charge is 0.407 e. The zero-order valence-corrected chi connectivity index (χ0v) is 15.8. The van der Waals surface area contributed by atoms with Gasteiger partial charge in [0.2, 0.25) is 0 Å². The fourth-order valence-corrected chi connectivity index (χ4v) is 4.24. The summed E-state index contributed by atoms with van der Waals surface area (Å²) < 4.78 is 0. The standard InChI is InChI=1S/C20H27N5O2/c1-23-7-2-8-24(12-11-23)16-3-4-17-18(13-16)21-14-22-19(17)15-5-9-25(10-6-15)20(26)27/h3-4,13-15H,2,5-12H2,1H3,(H,26,27). The Hall–Kier alpha value is -2.41. The molecule has 0 aliphatic carbocycles. The van der Waals surface area contributed by atoms with Gasteiger partial charge < -0.3 is 19.8 Å². The van der Waals surface area contributed by atoms with Crippen molar-refractivity contribution in [1.82, 2.24) is 19.8 Å². The van der Waals surface area contributed by atoms with Crippen molar-refractivity contribution in [2.24, 2.45) is 0 Å². The highest BCUT2D eigenvalue weighted by Gasteiger charge is 2.25. The number of amides is 1. The van der Waals surface area contributed by atoms with Gasteiger partial charge in [0, 0.05) is 49.7 Å². The number of fused-ring (bicyclic) bond motifs is 1. The van der Waals surface area contributed by atoms with Crippen LogP contribution in [-0.4, -0.2) is 77.3 Å². The molecular formula is C20H27N5O2. The van der Waals surface area contributed by atoms with Crippen LogP contribution < -0.4 is 4.90 Å². The molecule has 3 heterocycles. The molecule has 1 aromatic heterocycles. The Morgan fingerprint density at radius 3 is 2.67 bits per heavy atom. The maximum absolute atomic E-state index is 11.1. The Bertz CT molecular complexity index is 819. The summed E-state index contributed by atoms with van der Waals surface area (Å²) in [5.74, 6) is 0.295. The molecule has 1 amide bonds. The summed E-state index contributed by atoms with van der Waals surface area (Å²) in [4.78, 5) is 26.5. The minimum absolute atomic E-state index is 0.295. The number of benzene rings is 1. The first-order chi connectivity index (χ1) is 13.1. The molecule has 144 valence electrons.